The lowest BCUT2D eigenvalue weighted by Crippen LogP contribution is -2.29. The molecule has 0 amide bonds. The van der Waals surface area contributed by atoms with Crippen LogP contribution in [0.1, 0.15) is 71.6 Å². The van der Waals surface area contributed by atoms with E-state index >= 15 is 0 Å². The van der Waals surface area contributed by atoms with Crippen LogP contribution >= 0.6 is 7.82 Å². The van der Waals surface area contributed by atoms with Crippen molar-refractivity contribution < 1.29 is 37.9 Å². The highest BCUT2D eigenvalue weighted by Gasteiger charge is 2.22. The molecule has 0 aliphatic carbocycles. The van der Waals surface area contributed by atoms with Gasteiger partial charge < -0.3 is 19.3 Å². The van der Waals surface area contributed by atoms with Crippen molar-refractivity contribution in [2.45, 2.75) is 77.7 Å². The van der Waals surface area contributed by atoms with Crippen LogP contribution in [0.25, 0.3) is 0 Å². The van der Waals surface area contributed by atoms with Gasteiger partial charge in [0.25, 0.3) is 0 Å². The van der Waals surface area contributed by atoms with Gasteiger partial charge in [-0.05, 0) is 12.8 Å². The molecule has 0 heterocycles. The van der Waals surface area contributed by atoms with Gasteiger partial charge in [-0.15, -0.1) is 0 Å². The maximum atomic E-state index is 11.7. The van der Waals surface area contributed by atoms with Gasteiger partial charge in [0.1, 0.15) is 6.61 Å². The summed E-state index contributed by atoms with van der Waals surface area (Å²) in [6.07, 6.45) is 5.67. The molecule has 9 heteroatoms. The van der Waals surface area contributed by atoms with E-state index in [1.165, 1.54) is 0 Å². The second kappa shape index (κ2) is 14.2. The molecule has 0 aliphatic rings. The highest BCUT2D eigenvalue weighted by atomic mass is 31.2. The second-order valence-electron chi connectivity index (χ2n) is 5.85. The van der Waals surface area contributed by atoms with E-state index in [1.807, 2.05) is 6.92 Å². The second-order valence-corrected chi connectivity index (χ2v) is 7.09. The molecule has 0 saturated carbocycles. The molecule has 0 aliphatic heterocycles. The Hall–Kier alpha value is -0.950. The van der Waals surface area contributed by atoms with Crippen LogP contribution in [0, 0.1) is 0 Å². The van der Waals surface area contributed by atoms with Gasteiger partial charge in [-0.25, -0.2) is 4.57 Å². The zero-order valence-electron chi connectivity index (χ0n) is 15.1. The van der Waals surface area contributed by atoms with Gasteiger partial charge in [-0.3, -0.25) is 14.1 Å². The highest BCUT2D eigenvalue weighted by molar-refractivity contribution is 7.46. The lowest BCUT2D eigenvalue weighted by molar-refractivity contribution is -0.161. The summed E-state index contributed by atoms with van der Waals surface area (Å²) in [5.74, 6) is -0.939. The van der Waals surface area contributed by atoms with E-state index in [4.69, 9.17) is 19.3 Å². The van der Waals surface area contributed by atoms with Crippen LogP contribution in [0.3, 0.4) is 0 Å². The number of esters is 2. The molecule has 8 nitrogen and oxygen atoms in total. The van der Waals surface area contributed by atoms with E-state index in [1.54, 1.807) is 0 Å². The van der Waals surface area contributed by atoms with Crippen LogP contribution < -0.4 is 0 Å². The molecule has 25 heavy (non-hydrogen) atoms. The summed E-state index contributed by atoms with van der Waals surface area (Å²) in [6.45, 7) is 3.25. The first-order valence-corrected chi connectivity index (χ1v) is 10.4. The Labute approximate surface area is 149 Å². The van der Waals surface area contributed by atoms with Crippen molar-refractivity contribution in [3.63, 3.8) is 0 Å². The zero-order chi connectivity index (χ0) is 19.1. The van der Waals surface area contributed by atoms with Gasteiger partial charge in [-0.2, -0.15) is 0 Å². The minimum Gasteiger partial charge on any atom is -0.462 e. The predicted molar refractivity (Wildman–Crippen MR) is 91.7 cm³/mol. The molecule has 0 bridgehead atoms. The maximum Gasteiger partial charge on any atom is 0.469 e. The predicted octanol–water partition coefficient (Wildman–Crippen LogP) is 3.10. The Kier molecular flexibility index (Phi) is 13.7. The first kappa shape index (κ1) is 24.1. The fraction of sp³-hybridized carbons (Fsp3) is 0.875. The van der Waals surface area contributed by atoms with Crippen LogP contribution in [0.15, 0.2) is 0 Å². The third-order valence-corrected chi connectivity index (χ3v) is 3.86. The van der Waals surface area contributed by atoms with Crippen LogP contribution in [-0.4, -0.2) is 41.0 Å². The standard InChI is InChI=1S/C16H31O8P/c1-3-5-7-9-10-15(17)22-12-14(13-23-25(19,20)21)24-16(18)11-8-6-4-2/h14H,3-13H2,1-2H3,(H2,19,20,21)/t14-/m1/s1. The Morgan fingerprint density at radius 3 is 2.04 bits per heavy atom. The van der Waals surface area contributed by atoms with Crippen molar-refractivity contribution in [2.75, 3.05) is 13.2 Å². The Morgan fingerprint density at radius 1 is 0.880 bits per heavy atom. The minimum atomic E-state index is -4.69. The van der Waals surface area contributed by atoms with Gasteiger partial charge in [-0.1, -0.05) is 46.0 Å². The van der Waals surface area contributed by atoms with Crippen molar-refractivity contribution in [3.05, 3.63) is 0 Å². The smallest absolute Gasteiger partial charge is 0.462 e. The van der Waals surface area contributed by atoms with Gasteiger partial charge in [0, 0.05) is 12.8 Å². The maximum absolute atomic E-state index is 11.7. The van der Waals surface area contributed by atoms with Gasteiger partial charge in [0.05, 0.1) is 6.61 Å². The molecule has 148 valence electrons. The van der Waals surface area contributed by atoms with Crippen molar-refractivity contribution in [3.8, 4) is 0 Å². The molecule has 0 saturated heterocycles. The molecule has 0 aromatic heterocycles. The van der Waals surface area contributed by atoms with Crippen molar-refractivity contribution in [1.29, 1.82) is 0 Å². The van der Waals surface area contributed by atoms with Crippen molar-refractivity contribution >= 4 is 19.8 Å². The molecule has 2 N–H and O–H groups in total. The number of unbranched alkanes of at least 4 members (excludes halogenated alkanes) is 5. The van der Waals surface area contributed by atoms with E-state index in [2.05, 4.69) is 11.4 Å². The molecule has 0 aromatic rings. The van der Waals surface area contributed by atoms with E-state index in [0.29, 0.717) is 12.8 Å². The Morgan fingerprint density at radius 2 is 1.44 bits per heavy atom. The first-order valence-electron chi connectivity index (χ1n) is 8.83. The Bertz CT molecular complexity index is 420. The summed E-state index contributed by atoms with van der Waals surface area (Å²) in [6, 6.07) is 0. The van der Waals surface area contributed by atoms with Crippen molar-refractivity contribution in [2.24, 2.45) is 0 Å². The van der Waals surface area contributed by atoms with E-state index in [0.717, 1.165) is 32.1 Å². The average molecular weight is 382 g/mol. The largest absolute Gasteiger partial charge is 0.469 e. The normalized spacial score (nSPS) is 12.6. The molecule has 0 unspecified atom stereocenters. The molecule has 0 radical (unpaired) electrons. The number of phosphoric acid groups is 1. The average Bonchev–Trinajstić information content (AvgIpc) is 2.53. The molecule has 0 fully saturated rings. The molecule has 0 rings (SSSR count). The van der Waals surface area contributed by atoms with Gasteiger partial charge in [0.15, 0.2) is 6.10 Å². The number of carbonyl (C=O) groups is 2. The van der Waals surface area contributed by atoms with E-state index in [9.17, 15) is 14.2 Å². The Balaban J connectivity index is 4.30. The third-order valence-electron chi connectivity index (χ3n) is 3.38. The van der Waals surface area contributed by atoms with Crippen LogP contribution in [0.5, 0.6) is 0 Å². The fourth-order valence-corrected chi connectivity index (χ4v) is 2.38. The molecular formula is C16H31O8P. The summed E-state index contributed by atoms with van der Waals surface area (Å²) < 4.78 is 25.3. The molecule has 0 spiro atoms. The van der Waals surface area contributed by atoms with Crippen molar-refractivity contribution in [1.82, 2.24) is 0 Å². The van der Waals surface area contributed by atoms with Gasteiger partial charge in [0.2, 0.25) is 0 Å². The molecule has 1 atom stereocenters. The lowest BCUT2D eigenvalue weighted by atomic mass is 10.2. The monoisotopic (exact) mass is 382 g/mol. The minimum absolute atomic E-state index is 0.200. The van der Waals surface area contributed by atoms with E-state index < -0.39 is 32.5 Å². The molecule has 0 aromatic carbocycles. The summed E-state index contributed by atoms with van der Waals surface area (Å²) in [5.41, 5.74) is 0. The lowest BCUT2D eigenvalue weighted by Gasteiger charge is -2.18. The summed E-state index contributed by atoms with van der Waals surface area (Å²) >= 11 is 0. The van der Waals surface area contributed by atoms with Gasteiger partial charge >= 0.3 is 19.8 Å². The van der Waals surface area contributed by atoms with Crippen LogP contribution in [0.2, 0.25) is 0 Å². The quantitative estimate of drug-likeness (QED) is 0.252. The SMILES string of the molecule is CCCCCCC(=O)OC[C@H](COP(=O)(O)O)OC(=O)CCCCC. The summed E-state index contributed by atoms with van der Waals surface area (Å²) in [5, 5.41) is 0. The third kappa shape index (κ3) is 16.3. The summed E-state index contributed by atoms with van der Waals surface area (Å²) in [4.78, 5) is 40.9. The van der Waals surface area contributed by atoms with Crippen LogP contribution in [-0.2, 0) is 28.2 Å². The molecular weight excluding hydrogens is 351 g/mol. The first-order chi connectivity index (χ1) is 11.8. The number of ether oxygens (including phenoxy) is 2. The topological polar surface area (TPSA) is 119 Å². The zero-order valence-corrected chi connectivity index (χ0v) is 16.0. The summed E-state index contributed by atoms with van der Waals surface area (Å²) in [7, 11) is -4.69. The van der Waals surface area contributed by atoms with E-state index in [-0.39, 0.29) is 19.4 Å². The number of hydrogen-bond donors (Lipinski definition) is 2. The number of rotatable bonds is 15. The number of phosphoric ester groups is 1. The number of carbonyl (C=O) groups excluding carboxylic acids is 2. The van der Waals surface area contributed by atoms with Crippen LogP contribution in [0.4, 0.5) is 0 Å². The number of hydrogen-bond acceptors (Lipinski definition) is 6. The highest BCUT2D eigenvalue weighted by Crippen LogP contribution is 2.35. The fourth-order valence-electron chi connectivity index (χ4n) is 2.01.